The van der Waals surface area contributed by atoms with Crippen LogP contribution >= 0.6 is 0 Å². The quantitative estimate of drug-likeness (QED) is 0.851. The van der Waals surface area contributed by atoms with Crippen molar-refractivity contribution in [2.45, 2.75) is 12.5 Å². The number of hydrogen-bond acceptors (Lipinski definition) is 4. The molecule has 0 aliphatic heterocycles. The number of nitrogens with two attached hydrogens (primary N) is 1. The van der Waals surface area contributed by atoms with Gasteiger partial charge < -0.3 is 10.8 Å². The lowest BCUT2D eigenvalue weighted by molar-refractivity contribution is -0.137. The van der Waals surface area contributed by atoms with Crippen molar-refractivity contribution < 1.29 is 9.90 Å². The van der Waals surface area contributed by atoms with Gasteiger partial charge in [0.2, 0.25) is 0 Å². The van der Waals surface area contributed by atoms with Crippen LogP contribution in [0.4, 0.5) is 0 Å². The highest BCUT2D eigenvalue weighted by Gasteiger charge is 2.11. The first-order valence-corrected chi connectivity index (χ1v) is 5.51. The van der Waals surface area contributed by atoms with Crippen LogP contribution in [0.1, 0.15) is 18.0 Å². The molecule has 3 N–H and O–H groups in total. The third-order valence-electron chi connectivity index (χ3n) is 2.53. The predicted octanol–water partition coefficient (Wildman–Crippen LogP) is 1.62. The zero-order valence-corrected chi connectivity index (χ0v) is 9.65. The minimum atomic E-state index is -0.936. The first kappa shape index (κ1) is 12.2. The van der Waals surface area contributed by atoms with Crippen molar-refractivity contribution in [1.29, 1.82) is 0 Å². The molecule has 2 rings (SSSR count). The van der Waals surface area contributed by atoms with Gasteiger partial charge in [-0.05, 0) is 0 Å². The number of carbonyl (C=O) groups is 1. The van der Waals surface area contributed by atoms with Crippen molar-refractivity contribution in [3.8, 4) is 11.4 Å². The minimum absolute atomic E-state index is 0.131. The van der Waals surface area contributed by atoms with E-state index in [-0.39, 0.29) is 6.42 Å². The summed E-state index contributed by atoms with van der Waals surface area (Å²) in [7, 11) is 0. The Labute approximate surface area is 104 Å². The summed E-state index contributed by atoms with van der Waals surface area (Å²) in [5.41, 5.74) is 7.26. The number of benzene rings is 1. The zero-order chi connectivity index (χ0) is 13.0. The molecular formula is C13H13N3O2. The molecule has 0 aliphatic rings. The third kappa shape index (κ3) is 2.89. The molecule has 1 atom stereocenters. The molecule has 5 heteroatoms. The maximum absolute atomic E-state index is 10.6. The summed E-state index contributed by atoms with van der Waals surface area (Å²) in [6.07, 6.45) is 3.01. The van der Waals surface area contributed by atoms with Gasteiger partial charge in [-0.3, -0.25) is 4.79 Å². The smallest absolute Gasteiger partial charge is 0.305 e. The maximum Gasteiger partial charge on any atom is 0.305 e. The number of rotatable bonds is 4. The standard InChI is InChI=1S/C13H13N3O2/c14-11(6-12(17)18)10-7-15-13(16-8-10)9-4-2-1-3-5-9/h1-5,7-8,11H,6,14H2,(H,17,18)/t11-/m0/s1. The van der Waals surface area contributed by atoms with Crippen molar-refractivity contribution in [3.63, 3.8) is 0 Å². The molecule has 0 unspecified atom stereocenters. The second kappa shape index (κ2) is 5.37. The highest BCUT2D eigenvalue weighted by atomic mass is 16.4. The van der Waals surface area contributed by atoms with Gasteiger partial charge in [-0.1, -0.05) is 30.3 Å². The van der Waals surface area contributed by atoms with Crippen molar-refractivity contribution in [1.82, 2.24) is 9.97 Å². The highest BCUT2D eigenvalue weighted by molar-refractivity contribution is 5.67. The monoisotopic (exact) mass is 243 g/mol. The number of nitrogens with zero attached hydrogens (tertiary/aromatic N) is 2. The Morgan fingerprint density at radius 2 is 1.83 bits per heavy atom. The Hall–Kier alpha value is -2.27. The minimum Gasteiger partial charge on any atom is -0.481 e. The molecule has 5 nitrogen and oxygen atoms in total. The Morgan fingerprint density at radius 1 is 1.22 bits per heavy atom. The molecule has 0 saturated heterocycles. The predicted molar refractivity (Wildman–Crippen MR) is 66.6 cm³/mol. The molecule has 1 heterocycles. The maximum atomic E-state index is 10.6. The van der Waals surface area contributed by atoms with Crippen LogP contribution in [0.25, 0.3) is 11.4 Å². The molecule has 0 spiro atoms. The first-order chi connectivity index (χ1) is 8.66. The van der Waals surface area contributed by atoms with E-state index >= 15 is 0 Å². The van der Waals surface area contributed by atoms with Gasteiger partial charge in [-0.15, -0.1) is 0 Å². The van der Waals surface area contributed by atoms with Crippen LogP contribution < -0.4 is 5.73 Å². The summed E-state index contributed by atoms with van der Waals surface area (Å²) < 4.78 is 0. The first-order valence-electron chi connectivity index (χ1n) is 5.51. The fraction of sp³-hybridized carbons (Fsp3) is 0.154. The van der Waals surface area contributed by atoms with Gasteiger partial charge >= 0.3 is 5.97 Å². The molecule has 92 valence electrons. The molecule has 0 saturated carbocycles. The average molecular weight is 243 g/mol. The van der Waals surface area contributed by atoms with Gasteiger partial charge in [0.05, 0.1) is 6.42 Å². The number of hydrogen-bond donors (Lipinski definition) is 2. The van der Waals surface area contributed by atoms with Crippen molar-refractivity contribution in [2.24, 2.45) is 5.73 Å². The van der Waals surface area contributed by atoms with Crippen LogP contribution in [0.15, 0.2) is 42.7 Å². The normalized spacial score (nSPS) is 12.1. The van der Waals surface area contributed by atoms with Crippen LogP contribution in [0, 0.1) is 0 Å². The lowest BCUT2D eigenvalue weighted by atomic mass is 10.1. The Bertz CT molecular complexity index is 526. The topological polar surface area (TPSA) is 89.1 Å². The van der Waals surface area contributed by atoms with Gasteiger partial charge in [-0.25, -0.2) is 9.97 Å². The van der Waals surface area contributed by atoms with Gasteiger partial charge in [0.25, 0.3) is 0 Å². The fourth-order valence-corrected chi connectivity index (χ4v) is 1.57. The summed E-state index contributed by atoms with van der Waals surface area (Å²) in [6, 6.07) is 8.97. The number of carboxylic acids is 1. The van der Waals surface area contributed by atoms with Gasteiger partial charge in [0, 0.05) is 29.6 Å². The molecule has 0 bridgehead atoms. The third-order valence-corrected chi connectivity index (χ3v) is 2.53. The van der Waals surface area contributed by atoms with Crippen molar-refractivity contribution >= 4 is 5.97 Å². The molecule has 1 aromatic carbocycles. The Kier molecular flexibility index (Phi) is 3.64. The Morgan fingerprint density at radius 3 is 2.39 bits per heavy atom. The van der Waals surface area contributed by atoms with E-state index in [1.54, 1.807) is 12.4 Å². The second-order valence-corrected chi connectivity index (χ2v) is 3.91. The van der Waals surface area contributed by atoms with Gasteiger partial charge in [0.15, 0.2) is 5.82 Å². The SMILES string of the molecule is N[C@@H](CC(=O)O)c1cnc(-c2ccccc2)nc1. The van der Waals surface area contributed by atoms with Gasteiger partial charge in [-0.2, -0.15) is 0 Å². The van der Waals surface area contributed by atoms with E-state index in [4.69, 9.17) is 10.8 Å². The molecular weight excluding hydrogens is 230 g/mol. The van der Waals surface area contributed by atoms with Crippen LogP contribution in [0.5, 0.6) is 0 Å². The second-order valence-electron chi connectivity index (χ2n) is 3.91. The van der Waals surface area contributed by atoms with Crippen LogP contribution in [-0.4, -0.2) is 21.0 Å². The van der Waals surface area contributed by atoms with Gasteiger partial charge in [0.1, 0.15) is 0 Å². The van der Waals surface area contributed by atoms with E-state index in [9.17, 15) is 4.79 Å². The summed E-state index contributed by atoms with van der Waals surface area (Å²) in [4.78, 5) is 18.9. The molecule has 0 radical (unpaired) electrons. The van der Waals surface area contributed by atoms with E-state index in [1.165, 1.54) is 0 Å². The summed E-state index contributed by atoms with van der Waals surface area (Å²) >= 11 is 0. The largest absolute Gasteiger partial charge is 0.481 e. The molecule has 0 aliphatic carbocycles. The lowest BCUT2D eigenvalue weighted by Crippen LogP contribution is -2.15. The van der Waals surface area contributed by atoms with E-state index in [1.807, 2.05) is 30.3 Å². The summed E-state index contributed by atoms with van der Waals surface area (Å²) in [5, 5.41) is 8.66. The van der Waals surface area contributed by atoms with E-state index < -0.39 is 12.0 Å². The molecule has 0 amide bonds. The summed E-state index contributed by atoms with van der Waals surface area (Å²) in [6.45, 7) is 0. The molecule has 18 heavy (non-hydrogen) atoms. The average Bonchev–Trinajstić information content (AvgIpc) is 2.39. The number of aromatic nitrogens is 2. The number of carboxylic acid groups (broad SMARTS) is 1. The Balaban J connectivity index is 2.18. The number of aliphatic carboxylic acids is 1. The van der Waals surface area contributed by atoms with Crippen molar-refractivity contribution in [2.75, 3.05) is 0 Å². The van der Waals surface area contributed by atoms with Crippen LogP contribution in [-0.2, 0) is 4.79 Å². The van der Waals surface area contributed by atoms with E-state index in [2.05, 4.69) is 9.97 Å². The lowest BCUT2D eigenvalue weighted by Gasteiger charge is -2.08. The highest BCUT2D eigenvalue weighted by Crippen LogP contribution is 2.16. The fourth-order valence-electron chi connectivity index (χ4n) is 1.57. The van der Waals surface area contributed by atoms with Crippen LogP contribution in [0.2, 0.25) is 0 Å². The molecule has 0 fully saturated rings. The van der Waals surface area contributed by atoms with Crippen LogP contribution in [0.3, 0.4) is 0 Å². The van der Waals surface area contributed by atoms with E-state index in [0.29, 0.717) is 11.4 Å². The molecule has 1 aromatic heterocycles. The zero-order valence-electron chi connectivity index (χ0n) is 9.65. The molecule has 2 aromatic rings. The summed E-state index contributed by atoms with van der Waals surface area (Å²) in [5.74, 6) is -0.337. The van der Waals surface area contributed by atoms with Crippen molar-refractivity contribution in [3.05, 3.63) is 48.3 Å². The van der Waals surface area contributed by atoms with E-state index in [0.717, 1.165) is 5.56 Å².